The molecule has 0 radical (unpaired) electrons. The van der Waals surface area contributed by atoms with Crippen molar-refractivity contribution in [3.05, 3.63) is 88.8 Å². The number of aromatic nitrogens is 2. The molecule has 0 aliphatic rings. The van der Waals surface area contributed by atoms with E-state index in [0.29, 0.717) is 33.2 Å². The van der Waals surface area contributed by atoms with Gasteiger partial charge in [-0.15, -0.1) is 5.11 Å². The molecule has 4 aromatic carbocycles. The fourth-order valence-electron chi connectivity index (χ4n) is 3.70. The Hall–Kier alpha value is -4.49. The zero-order valence-corrected chi connectivity index (χ0v) is 19.2. The average Bonchev–Trinajstić information content (AvgIpc) is 3.22. The van der Waals surface area contributed by atoms with Crippen LogP contribution in [0.25, 0.3) is 21.8 Å². The van der Waals surface area contributed by atoms with E-state index in [-0.39, 0.29) is 27.6 Å². The Bertz CT molecular complexity index is 1700. The van der Waals surface area contributed by atoms with Crippen molar-refractivity contribution in [3.8, 4) is 5.75 Å². The first-order valence-electron chi connectivity index (χ1n) is 10.5. The number of rotatable bonds is 5. The summed E-state index contributed by atoms with van der Waals surface area (Å²) in [5, 5.41) is 23.1. The maximum atomic E-state index is 13.1. The summed E-state index contributed by atoms with van der Waals surface area (Å²) >= 11 is 0. The number of phenols is 1. The van der Waals surface area contributed by atoms with Crippen molar-refractivity contribution in [2.45, 2.75) is 4.90 Å². The van der Waals surface area contributed by atoms with Crippen molar-refractivity contribution in [3.63, 3.8) is 0 Å². The number of anilines is 1. The molecule has 1 heterocycles. The number of nitrogens with one attached hydrogen (secondary N) is 3. The van der Waals surface area contributed by atoms with Gasteiger partial charge in [0.15, 0.2) is 5.75 Å². The number of imidazole rings is 1. The number of nitrogens with zero attached hydrogens (tertiary/aromatic N) is 2. The fourth-order valence-corrected chi connectivity index (χ4v) is 4.20. The third kappa shape index (κ3) is 4.56. The lowest BCUT2D eigenvalue weighted by molar-refractivity contribution is 0.102. The predicted molar refractivity (Wildman–Crippen MR) is 137 cm³/mol. The van der Waals surface area contributed by atoms with Crippen LogP contribution in [0.1, 0.15) is 10.4 Å². The molecule has 1 amide bonds. The minimum Gasteiger partial charge on any atom is -0.505 e. The molecule has 11 nitrogen and oxygen atoms in total. The van der Waals surface area contributed by atoms with E-state index in [1.165, 1.54) is 30.3 Å². The Labute approximate surface area is 204 Å². The van der Waals surface area contributed by atoms with Gasteiger partial charge in [0.1, 0.15) is 16.6 Å². The standard InChI is InChI=1S/C24H19N5O6S/c30-22-18(23(31)25-15-7-10-19-20(12-15)27-24(32)26-19)11-13-3-1-2-4-17(13)21(22)29-28-14-5-8-16(9-6-14)36(33,34)35/h1-12,30,33-35H,(H,25,31)(H2,26,27,32). The van der Waals surface area contributed by atoms with Crippen LogP contribution in [0.15, 0.2) is 92.7 Å². The Balaban J connectivity index is 1.50. The Morgan fingerprint density at radius 1 is 0.861 bits per heavy atom. The van der Waals surface area contributed by atoms with Crippen molar-refractivity contribution < 1.29 is 23.6 Å². The maximum absolute atomic E-state index is 13.1. The number of fused-ring (bicyclic) bond motifs is 2. The summed E-state index contributed by atoms with van der Waals surface area (Å²) in [6.07, 6.45) is 0. The molecule has 0 spiro atoms. The van der Waals surface area contributed by atoms with Crippen LogP contribution >= 0.6 is 10.9 Å². The second-order valence-corrected chi connectivity index (χ2v) is 9.36. The van der Waals surface area contributed by atoms with Gasteiger partial charge in [-0.3, -0.25) is 4.79 Å². The van der Waals surface area contributed by atoms with Crippen LogP contribution < -0.4 is 11.0 Å². The highest BCUT2D eigenvalue weighted by atomic mass is 32.3. The predicted octanol–water partition coefficient (Wildman–Crippen LogP) is 5.97. The van der Waals surface area contributed by atoms with Gasteiger partial charge in [-0.05, 0) is 53.9 Å². The van der Waals surface area contributed by atoms with Crippen LogP contribution in [-0.4, -0.2) is 34.6 Å². The van der Waals surface area contributed by atoms with Crippen molar-refractivity contribution in [1.29, 1.82) is 0 Å². The second-order valence-electron chi connectivity index (χ2n) is 7.85. The number of carbonyl (C=O) groups excluding carboxylic acids is 1. The topological polar surface area (TPSA) is 183 Å². The smallest absolute Gasteiger partial charge is 0.323 e. The first-order valence-corrected chi connectivity index (χ1v) is 12.0. The van der Waals surface area contributed by atoms with E-state index >= 15 is 0 Å². The molecular weight excluding hydrogens is 486 g/mol. The number of hydrogen-bond acceptors (Lipinski definition) is 8. The number of amides is 1. The molecule has 182 valence electrons. The number of benzene rings is 4. The Morgan fingerprint density at radius 3 is 2.33 bits per heavy atom. The number of azo groups is 1. The van der Waals surface area contributed by atoms with E-state index in [9.17, 15) is 28.4 Å². The lowest BCUT2D eigenvalue weighted by Gasteiger charge is -2.18. The quantitative estimate of drug-likeness (QED) is 0.144. The molecule has 0 aliphatic carbocycles. The van der Waals surface area contributed by atoms with E-state index in [1.54, 1.807) is 42.5 Å². The SMILES string of the molecule is O=C(Nc1ccc2[nH]c(=O)[nH]c2c1)c1cc2ccccc2c(N=Nc2ccc(S(O)(O)O)cc2)c1O. The molecule has 36 heavy (non-hydrogen) atoms. The summed E-state index contributed by atoms with van der Waals surface area (Å²) < 4.78 is 28.0. The number of hydrogen-bond donors (Lipinski definition) is 7. The summed E-state index contributed by atoms with van der Waals surface area (Å²) in [4.78, 5) is 29.7. The molecule has 0 aliphatic heterocycles. The second kappa shape index (κ2) is 8.94. The van der Waals surface area contributed by atoms with Gasteiger partial charge in [-0.1, -0.05) is 24.3 Å². The monoisotopic (exact) mass is 505 g/mol. The van der Waals surface area contributed by atoms with Gasteiger partial charge in [0, 0.05) is 11.1 Å². The zero-order valence-electron chi connectivity index (χ0n) is 18.3. The number of aromatic amines is 2. The van der Waals surface area contributed by atoms with Crippen LogP contribution in [-0.2, 0) is 0 Å². The van der Waals surface area contributed by atoms with E-state index < -0.39 is 16.8 Å². The molecule has 0 saturated carbocycles. The van der Waals surface area contributed by atoms with Gasteiger partial charge >= 0.3 is 5.69 Å². The molecule has 1 aromatic heterocycles. The molecule has 5 aromatic rings. The third-order valence-electron chi connectivity index (χ3n) is 5.43. The first kappa shape index (κ1) is 23.3. The van der Waals surface area contributed by atoms with Gasteiger partial charge in [-0.25, -0.2) is 4.79 Å². The number of aromatic hydroxyl groups is 1. The van der Waals surface area contributed by atoms with Crippen molar-refractivity contribution in [1.82, 2.24) is 9.97 Å². The van der Waals surface area contributed by atoms with E-state index in [2.05, 4.69) is 25.5 Å². The summed E-state index contributed by atoms with van der Waals surface area (Å²) in [5.74, 6) is -0.975. The highest BCUT2D eigenvalue weighted by Gasteiger charge is 2.19. The number of phenolic OH excluding ortho intramolecular Hbond substituents is 1. The van der Waals surface area contributed by atoms with Crippen molar-refractivity contribution >= 4 is 55.6 Å². The van der Waals surface area contributed by atoms with E-state index in [4.69, 9.17) is 0 Å². The molecule has 5 rings (SSSR count). The van der Waals surface area contributed by atoms with Gasteiger partial charge in [-0.2, -0.15) is 5.11 Å². The van der Waals surface area contributed by atoms with Gasteiger partial charge in [0.25, 0.3) is 5.91 Å². The van der Waals surface area contributed by atoms with E-state index in [1.807, 2.05) is 0 Å². The lowest BCUT2D eigenvalue weighted by atomic mass is 10.0. The molecule has 7 N–H and O–H groups in total. The highest BCUT2D eigenvalue weighted by Crippen LogP contribution is 2.44. The van der Waals surface area contributed by atoms with Crippen molar-refractivity contribution in [2.24, 2.45) is 10.2 Å². The van der Waals surface area contributed by atoms with Crippen LogP contribution in [0.4, 0.5) is 17.1 Å². The molecule has 0 atom stereocenters. The van der Waals surface area contributed by atoms with Crippen LogP contribution in [0.2, 0.25) is 0 Å². The summed E-state index contributed by atoms with van der Waals surface area (Å²) in [7, 11) is -3.85. The first-order chi connectivity index (χ1) is 17.2. The van der Waals surface area contributed by atoms with Crippen LogP contribution in [0, 0.1) is 0 Å². The van der Waals surface area contributed by atoms with Crippen LogP contribution in [0.3, 0.4) is 0 Å². The zero-order chi connectivity index (χ0) is 25.4. The highest BCUT2D eigenvalue weighted by molar-refractivity contribution is 8.19. The summed E-state index contributed by atoms with van der Waals surface area (Å²) in [6, 6.07) is 18.8. The Morgan fingerprint density at radius 2 is 1.58 bits per heavy atom. The van der Waals surface area contributed by atoms with Crippen LogP contribution in [0.5, 0.6) is 5.75 Å². The average molecular weight is 506 g/mol. The minimum absolute atomic E-state index is 0.0325. The normalized spacial score (nSPS) is 12.4. The fraction of sp³-hybridized carbons (Fsp3) is 0. The maximum Gasteiger partial charge on any atom is 0.323 e. The largest absolute Gasteiger partial charge is 0.505 e. The van der Waals surface area contributed by atoms with E-state index in [0.717, 1.165) is 0 Å². The number of carbonyl (C=O) groups is 1. The summed E-state index contributed by atoms with van der Waals surface area (Å²) in [6.45, 7) is 0. The molecule has 12 heteroatoms. The van der Waals surface area contributed by atoms with Gasteiger partial charge < -0.3 is 34.0 Å². The summed E-state index contributed by atoms with van der Waals surface area (Å²) in [5.41, 5.74) is 1.50. The van der Waals surface area contributed by atoms with Gasteiger partial charge in [0.2, 0.25) is 0 Å². The molecule has 0 bridgehead atoms. The molecule has 0 unspecified atom stereocenters. The third-order valence-corrected chi connectivity index (χ3v) is 6.34. The van der Waals surface area contributed by atoms with Crippen molar-refractivity contribution in [2.75, 3.05) is 5.32 Å². The Kier molecular flexibility index (Phi) is 5.78. The molecule has 0 fully saturated rings. The number of H-pyrrole nitrogens is 2. The lowest BCUT2D eigenvalue weighted by Crippen LogP contribution is -2.12. The molecular formula is C24H19N5O6S. The molecule has 0 saturated heterocycles. The minimum atomic E-state index is -3.85. The van der Waals surface area contributed by atoms with Gasteiger partial charge in [0.05, 0.1) is 27.2 Å².